The van der Waals surface area contributed by atoms with Gasteiger partial charge in [-0.25, -0.2) is 0 Å². The van der Waals surface area contributed by atoms with Crippen LogP contribution in [0.4, 0.5) is 5.69 Å². The van der Waals surface area contributed by atoms with Gasteiger partial charge in [-0.05, 0) is 11.6 Å². The van der Waals surface area contributed by atoms with Gasteiger partial charge in [-0.1, -0.05) is 32.0 Å². The Kier molecular flexibility index (Phi) is 4.04. The van der Waals surface area contributed by atoms with E-state index >= 15 is 0 Å². The first kappa shape index (κ1) is 13.8. The lowest BCUT2D eigenvalue weighted by Gasteiger charge is -2.21. The van der Waals surface area contributed by atoms with Gasteiger partial charge in [0, 0.05) is 24.2 Å². The number of fused-ring (bicyclic) bond motifs is 1. The van der Waals surface area contributed by atoms with E-state index in [1.54, 1.807) is 0 Å². The number of aliphatic carboxylic acids is 1. The van der Waals surface area contributed by atoms with Crippen LogP contribution in [0, 0.1) is 0 Å². The van der Waals surface area contributed by atoms with Crippen molar-refractivity contribution < 1.29 is 9.90 Å². The minimum atomic E-state index is -0.734. The molecule has 0 bridgehead atoms. The van der Waals surface area contributed by atoms with E-state index in [2.05, 4.69) is 30.9 Å². The second kappa shape index (κ2) is 4.96. The number of carboxylic acid groups (broad SMARTS) is 1. The van der Waals surface area contributed by atoms with E-state index in [1.165, 1.54) is 11.3 Å². The van der Waals surface area contributed by atoms with Crippen LogP contribution < -0.4 is 4.90 Å². The third-order valence-corrected chi connectivity index (χ3v) is 3.16. The van der Waals surface area contributed by atoms with Gasteiger partial charge < -0.3 is 10.0 Å². The van der Waals surface area contributed by atoms with Crippen molar-refractivity contribution in [3.05, 3.63) is 29.8 Å². The molecule has 0 aliphatic carbocycles. The molecule has 0 saturated carbocycles. The molecule has 0 fully saturated rings. The molecule has 0 atom stereocenters. The Morgan fingerprint density at radius 3 is 2.71 bits per heavy atom. The summed E-state index contributed by atoms with van der Waals surface area (Å²) in [6.07, 6.45) is 0.199. The highest BCUT2D eigenvalue weighted by Crippen LogP contribution is 2.39. The van der Waals surface area contributed by atoms with Gasteiger partial charge in [0.05, 0.1) is 6.42 Å². The summed E-state index contributed by atoms with van der Waals surface area (Å²) in [5, 5.41) is 8.73. The van der Waals surface area contributed by atoms with Crippen molar-refractivity contribution in [3.63, 3.8) is 0 Å². The summed E-state index contributed by atoms with van der Waals surface area (Å²) in [5.74, 6) is -0.734. The second-order valence-corrected chi connectivity index (χ2v) is 4.97. The molecule has 1 aromatic rings. The van der Waals surface area contributed by atoms with Gasteiger partial charge >= 0.3 is 5.97 Å². The molecule has 0 spiro atoms. The van der Waals surface area contributed by atoms with E-state index in [4.69, 9.17) is 5.11 Å². The SMILES string of the molecule is CC1(C)CN(CCC(=O)O)c2ccccc21.Cl. The van der Waals surface area contributed by atoms with Crippen molar-refractivity contribution in [2.75, 3.05) is 18.0 Å². The number of benzene rings is 1. The lowest BCUT2D eigenvalue weighted by Crippen LogP contribution is -2.30. The Bertz CT molecular complexity index is 418. The fraction of sp³-hybridized carbons (Fsp3) is 0.462. The number of carbonyl (C=O) groups is 1. The largest absolute Gasteiger partial charge is 0.481 e. The van der Waals surface area contributed by atoms with Crippen molar-refractivity contribution in [3.8, 4) is 0 Å². The zero-order chi connectivity index (χ0) is 11.8. The molecule has 0 unspecified atom stereocenters. The third-order valence-electron chi connectivity index (χ3n) is 3.16. The first-order chi connectivity index (χ1) is 7.50. The zero-order valence-electron chi connectivity index (χ0n) is 10.1. The molecule has 3 nitrogen and oxygen atoms in total. The Morgan fingerprint density at radius 1 is 1.41 bits per heavy atom. The third kappa shape index (κ3) is 2.72. The van der Waals surface area contributed by atoms with Crippen LogP contribution in [0.15, 0.2) is 24.3 Å². The lowest BCUT2D eigenvalue weighted by atomic mass is 9.87. The minimum Gasteiger partial charge on any atom is -0.481 e. The Balaban J connectivity index is 0.00000144. The van der Waals surface area contributed by atoms with Gasteiger partial charge in [0.1, 0.15) is 0 Å². The smallest absolute Gasteiger partial charge is 0.305 e. The van der Waals surface area contributed by atoms with Crippen LogP contribution in [0.1, 0.15) is 25.8 Å². The maximum atomic E-state index is 10.6. The van der Waals surface area contributed by atoms with Gasteiger partial charge in [0.25, 0.3) is 0 Å². The van der Waals surface area contributed by atoms with Crippen molar-refractivity contribution in [1.29, 1.82) is 0 Å². The summed E-state index contributed by atoms with van der Waals surface area (Å²) in [7, 11) is 0. The van der Waals surface area contributed by atoms with Gasteiger partial charge in [-0.15, -0.1) is 12.4 Å². The predicted molar refractivity (Wildman–Crippen MR) is 71.2 cm³/mol. The van der Waals surface area contributed by atoms with E-state index in [1.807, 2.05) is 12.1 Å². The fourth-order valence-corrected chi connectivity index (χ4v) is 2.40. The maximum absolute atomic E-state index is 10.6. The molecule has 1 aromatic carbocycles. The quantitative estimate of drug-likeness (QED) is 0.903. The topological polar surface area (TPSA) is 40.5 Å². The maximum Gasteiger partial charge on any atom is 0.305 e. The Morgan fingerprint density at radius 2 is 2.06 bits per heavy atom. The highest BCUT2D eigenvalue weighted by Gasteiger charge is 2.34. The number of nitrogens with zero attached hydrogens (tertiary/aromatic N) is 1. The van der Waals surface area contributed by atoms with Crippen molar-refractivity contribution >= 4 is 24.1 Å². The molecule has 2 rings (SSSR count). The van der Waals surface area contributed by atoms with Gasteiger partial charge in [-0.2, -0.15) is 0 Å². The standard InChI is InChI=1S/C13H17NO2.ClH/c1-13(2)9-14(8-7-12(15)16)11-6-4-3-5-10(11)13;/h3-6H,7-9H2,1-2H3,(H,15,16);1H. The van der Waals surface area contributed by atoms with Crippen LogP contribution in [0.25, 0.3) is 0 Å². The lowest BCUT2D eigenvalue weighted by molar-refractivity contribution is -0.136. The van der Waals surface area contributed by atoms with Crippen molar-refractivity contribution in [2.45, 2.75) is 25.7 Å². The van der Waals surface area contributed by atoms with Gasteiger partial charge in [0.15, 0.2) is 0 Å². The van der Waals surface area contributed by atoms with E-state index < -0.39 is 5.97 Å². The second-order valence-electron chi connectivity index (χ2n) is 4.97. The van der Waals surface area contributed by atoms with Crippen LogP contribution in [-0.4, -0.2) is 24.2 Å². The number of halogens is 1. The molecular formula is C13H18ClNO2. The van der Waals surface area contributed by atoms with E-state index in [0.29, 0.717) is 6.54 Å². The number of rotatable bonds is 3. The summed E-state index contributed by atoms with van der Waals surface area (Å²) in [6.45, 7) is 5.90. The molecule has 1 N–H and O–H groups in total. The highest BCUT2D eigenvalue weighted by molar-refractivity contribution is 5.85. The monoisotopic (exact) mass is 255 g/mol. The van der Waals surface area contributed by atoms with Crippen LogP contribution in [-0.2, 0) is 10.2 Å². The van der Waals surface area contributed by atoms with Crippen LogP contribution in [0.5, 0.6) is 0 Å². The summed E-state index contributed by atoms with van der Waals surface area (Å²) >= 11 is 0. The average Bonchev–Trinajstić information content (AvgIpc) is 2.49. The van der Waals surface area contributed by atoms with E-state index in [-0.39, 0.29) is 24.2 Å². The molecule has 0 aromatic heterocycles. The fourth-order valence-electron chi connectivity index (χ4n) is 2.40. The Labute approximate surface area is 108 Å². The molecule has 0 saturated heterocycles. The number of para-hydroxylation sites is 1. The highest BCUT2D eigenvalue weighted by atomic mass is 35.5. The molecule has 4 heteroatoms. The summed E-state index contributed by atoms with van der Waals surface area (Å²) < 4.78 is 0. The molecule has 1 aliphatic rings. The molecular weight excluding hydrogens is 238 g/mol. The summed E-state index contributed by atoms with van der Waals surface area (Å²) in [6, 6.07) is 8.26. The van der Waals surface area contributed by atoms with Gasteiger partial charge in [0.2, 0.25) is 0 Å². The van der Waals surface area contributed by atoms with E-state index in [0.717, 1.165) is 6.54 Å². The number of hydrogen-bond donors (Lipinski definition) is 1. The molecule has 0 amide bonds. The van der Waals surface area contributed by atoms with Crippen molar-refractivity contribution in [1.82, 2.24) is 0 Å². The minimum absolute atomic E-state index is 0. The Hall–Kier alpha value is -1.22. The average molecular weight is 256 g/mol. The summed E-state index contributed by atoms with van der Waals surface area (Å²) in [4.78, 5) is 12.8. The molecule has 17 heavy (non-hydrogen) atoms. The predicted octanol–water partition coefficient (Wildman–Crippen LogP) is 2.68. The van der Waals surface area contributed by atoms with Crippen molar-refractivity contribution in [2.24, 2.45) is 0 Å². The number of carboxylic acids is 1. The van der Waals surface area contributed by atoms with Gasteiger partial charge in [-0.3, -0.25) is 4.79 Å². The normalized spacial score (nSPS) is 16.2. The van der Waals surface area contributed by atoms with E-state index in [9.17, 15) is 4.79 Å². The molecule has 1 heterocycles. The molecule has 94 valence electrons. The number of hydrogen-bond acceptors (Lipinski definition) is 2. The first-order valence-electron chi connectivity index (χ1n) is 5.57. The molecule has 0 radical (unpaired) electrons. The van der Waals surface area contributed by atoms with Crippen LogP contribution >= 0.6 is 12.4 Å². The zero-order valence-corrected chi connectivity index (χ0v) is 11.0. The van der Waals surface area contributed by atoms with Crippen LogP contribution in [0.2, 0.25) is 0 Å². The number of anilines is 1. The van der Waals surface area contributed by atoms with Crippen LogP contribution in [0.3, 0.4) is 0 Å². The first-order valence-corrected chi connectivity index (χ1v) is 5.57. The molecule has 1 aliphatic heterocycles. The summed E-state index contributed by atoms with van der Waals surface area (Å²) in [5.41, 5.74) is 2.63.